The Bertz CT molecular complexity index is 369. The van der Waals surface area contributed by atoms with Gasteiger partial charge in [-0.25, -0.2) is 29.0 Å². The van der Waals surface area contributed by atoms with Crippen LogP contribution in [0.15, 0.2) is 0 Å². The lowest BCUT2D eigenvalue weighted by molar-refractivity contribution is 0.0464. The fraction of sp³-hybridized carbons (Fsp3) is 0.600. The Morgan fingerprint density at radius 1 is 0.650 bits per heavy atom. The number of hydrogen-bond donors (Lipinski definition) is 4. The molecule has 0 bridgehead atoms. The lowest BCUT2D eigenvalue weighted by atomic mass is 9.88. The van der Waals surface area contributed by atoms with E-state index in [2.05, 4.69) is 0 Å². The minimum atomic E-state index is -1.76. The summed E-state index contributed by atoms with van der Waals surface area (Å²) in [5.41, 5.74) is 0. The Kier molecular flexibility index (Phi) is 4.73. The third kappa shape index (κ3) is 3.08. The van der Waals surface area contributed by atoms with E-state index in [1.54, 1.807) is 0 Å². The van der Waals surface area contributed by atoms with Crippen LogP contribution in [0.5, 0.6) is 0 Å². The summed E-state index contributed by atoms with van der Waals surface area (Å²) in [5.74, 6) is 0. The lowest BCUT2D eigenvalue weighted by Gasteiger charge is -2.38. The van der Waals surface area contributed by atoms with E-state index in [0.717, 1.165) is 0 Å². The molecule has 0 aliphatic heterocycles. The maximum absolute atomic E-state index is 11.0. The van der Waals surface area contributed by atoms with Gasteiger partial charge < -0.3 is 20.4 Å². The second-order valence-corrected chi connectivity index (χ2v) is 4.29. The summed E-state index contributed by atoms with van der Waals surface area (Å²) in [6.45, 7) is 0. The van der Waals surface area contributed by atoms with Crippen LogP contribution in [0.3, 0.4) is 0 Å². The minimum Gasteiger partial charge on any atom is -0.465 e. The van der Waals surface area contributed by atoms with Gasteiger partial charge in [-0.15, -0.1) is 0 Å². The van der Waals surface area contributed by atoms with Gasteiger partial charge in [-0.1, -0.05) is 12.8 Å². The molecule has 0 spiro atoms. The number of carbonyl (C=O) groups is 4. The van der Waals surface area contributed by atoms with Gasteiger partial charge in [0.15, 0.2) is 0 Å². The standard InChI is InChI=1S/C10H14N2O8/c13-7(14)11(8(15)16)5-3-1-2-4-6(5)12(9(17)18)10(19)20/h5-6H,1-4H2,(H,13,14)(H,15,16)(H,17,18)(H,19,20). The van der Waals surface area contributed by atoms with Gasteiger partial charge in [-0.05, 0) is 12.8 Å². The first-order chi connectivity index (χ1) is 9.27. The summed E-state index contributed by atoms with van der Waals surface area (Å²) in [6.07, 6.45) is -5.89. The summed E-state index contributed by atoms with van der Waals surface area (Å²) in [6, 6.07) is -2.46. The summed E-state index contributed by atoms with van der Waals surface area (Å²) < 4.78 is 0. The molecule has 1 aliphatic carbocycles. The van der Waals surface area contributed by atoms with E-state index >= 15 is 0 Å². The lowest BCUT2D eigenvalue weighted by Crippen LogP contribution is -2.58. The van der Waals surface area contributed by atoms with Crippen molar-refractivity contribution in [3.8, 4) is 0 Å². The van der Waals surface area contributed by atoms with E-state index in [1.165, 1.54) is 0 Å². The monoisotopic (exact) mass is 290 g/mol. The van der Waals surface area contributed by atoms with Gasteiger partial charge in [0.25, 0.3) is 0 Å². The summed E-state index contributed by atoms with van der Waals surface area (Å²) in [5, 5.41) is 35.6. The Labute approximate surface area is 112 Å². The van der Waals surface area contributed by atoms with Crippen molar-refractivity contribution in [2.75, 3.05) is 0 Å². The van der Waals surface area contributed by atoms with E-state index in [-0.39, 0.29) is 22.6 Å². The van der Waals surface area contributed by atoms with Gasteiger partial charge in [0.1, 0.15) is 0 Å². The van der Waals surface area contributed by atoms with Crippen LogP contribution in [0, 0.1) is 0 Å². The van der Waals surface area contributed by atoms with Crippen molar-refractivity contribution in [2.24, 2.45) is 0 Å². The van der Waals surface area contributed by atoms with E-state index in [9.17, 15) is 19.2 Å². The first kappa shape index (κ1) is 15.5. The predicted octanol–water partition coefficient (Wildman–Crippen LogP) is 1.61. The molecule has 0 aromatic heterocycles. The molecule has 0 aromatic carbocycles. The SMILES string of the molecule is O=C(O)N(C(=O)O)C1CCCCC1N(C(=O)O)C(=O)O. The number of hydrogen-bond acceptors (Lipinski definition) is 4. The largest absolute Gasteiger partial charge is 0.465 e. The highest BCUT2D eigenvalue weighted by Gasteiger charge is 2.43. The van der Waals surface area contributed by atoms with Crippen molar-refractivity contribution in [3.63, 3.8) is 0 Å². The molecular formula is C10H14N2O8. The van der Waals surface area contributed by atoms with Crippen LogP contribution in [0.25, 0.3) is 0 Å². The summed E-state index contributed by atoms with van der Waals surface area (Å²) in [7, 11) is 0. The van der Waals surface area contributed by atoms with E-state index < -0.39 is 36.5 Å². The number of carboxylic acid groups (broad SMARTS) is 4. The molecule has 1 fully saturated rings. The maximum Gasteiger partial charge on any atom is 0.417 e. The van der Waals surface area contributed by atoms with Crippen LogP contribution in [0.4, 0.5) is 19.2 Å². The fourth-order valence-corrected chi connectivity index (χ4v) is 2.43. The highest BCUT2D eigenvalue weighted by atomic mass is 16.4. The van der Waals surface area contributed by atoms with Gasteiger partial charge >= 0.3 is 24.4 Å². The Morgan fingerprint density at radius 2 is 0.900 bits per heavy atom. The maximum atomic E-state index is 11.0. The zero-order valence-electron chi connectivity index (χ0n) is 10.3. The van der Waals surface area contributed by atoms with Gasteiger partial charge in [-0.2, -0.15) is 0 Å². The van der Waals surface area contributed by atoms with Gasteiger partial charge in [0.2, 0.25) is 0 Å². The highest BCUT2D eigenvalue weighted by Crippen LogP contribution is 2.28. The van der Waals surface area contributed by atoms with Crippen molar-refractivity contribution in [1.82, 2.24) is 9.80 Å². The second-order valence-electron chi connectivity index (χ2n) is 4.29. The van der Waals surface area contributed by atoms with E-state index in [1.807, 2.05) is 0 Å². The first-order valence-electron chi connectivity index (χ1n) is 5.77. The molecule has 20 heavy (non-hydrogen) atoms. The molecule has 2 atom stereocenters. The topological polar surface area (TPSA) is 156 Å². The van der Waals surface area contributed by atoms with Crippen molar-refractivity contribution in [3.05, 3.63) is 0 Å². The second kappa shape index (κ2) is 6.08. The van der Waals surface area contributed by atoms with Gasteiger partial charge in [0.05, 0.1) is 12.1 Å². The quantitative estimate of drug-likeness (QED) is 0.597. The van der Waals surface area contributed by atoms with Crippen LogP contribution in [-0.4, -0.2) is 66.7 Å². The van der Waals surface area contributed by atoms with E-state index in [0.29, 0.717) is 12.8 Å². The number of rotatable bonds is 2. The molecule has 10 nitrogen and oxygen atoms in total. The molecule has 0 heterocycles. The normalized spacial score (nSPS) is 21.8. The molecular weight excluding hydrogens is 276 g/mol. The van der Waals surface area contributed by atoms with Gasteiger partial charge in [0, 0.05) is 0 Å². The summed E-state index contributed by atoms with van der Waals surface area (Å²) >= 11 is 0. The van der Waals surface area contributed by atoms with Crippen molar-refractivity contribution >= 4 is 24.4 Å². The molecule has 2 unspecified atom stereocenters. The van der Waals surface area contributed by atoms with Crippen molar-refractivity contribution in [2.45, 2.75) is 37.8 Å². The Morgan fingerprint density at radius 3 is 1.10 bits per heavy atom. The molecule has 1 aliphatic rings. The molecule has 4 N–H and O–H groups in total. The van der Waals surface area contributed by atoms with Crippen LogP contribution in [-0.2, 0) is 0 Å². The molecule has 112 valence electrons. The molecule has 1 rings (SSSR count). The van der Waals surface area contributed by atoms with Crippen LogP contribution < -0.4 is 0 Å². The zero-order chi connectivity index (χ0) is 15.4. The van der Waals surface area contributed by atoms with Crippen molar-refractivity contribution < 1.29 is 39.6 Å². The minimum absolute atomic E-state index is 0.0721. The molecule has 4 amide bonds. The third-order valence-corrected chi connectivity index (χ3v) is 3.18. The predicted molar refractivity (Wildman–Crippen MR) is 61.8 cm³/mol. The third-order valence-electron chi connectivity index (χ3n) is 3.18. The first-order valence-corrected chi connectivity index (χ1v) is 5.77. The average Bonchev–Trinajstić information content (AvgIpc) is 2.29. The van der Waals surface area contributed by atoms with E-state index in [4.69, 9.17) is 20.4 Å². The Balaban J connectivity index is 3.13. The van der Waals surface area contributed by atoms with Gasteiger partial charge in [-0.3, -0.25) is 0 Å². The molecule has 10 heteroatoms. The highest BCUT2D eigenvalue weighted by molar-refractivity contribution is 5.88. The molecule has 0 radical (unpaired) electrons. The van der Waals surface area contributed by atoms with Crippen LogP contribution in [0.1, 0.15) is 25.7 Å². The number of nitrogens with zero attached hydrogens (tertiary/aromatic N) is 2. The van der Waals surface area contributed by atoms with Crippen molar-refractivity contribution in [1.29, 1.82) is 0 Å². The Hall–Kier alpha value is -2.52. The smallest absolute Gasteiger partial charge is 0.417 e. The average molecular weight is 290 g/mol. The molecule has 0 aromatic rings. The molecule has 0 saturated heterocycles. The number of amides is 4. The number of imide groups is 2. The zero-order valence-corrected chi connectivity index (χ0v) is 10.3. The fourth-order valence-electron chi connectivity index (χ4n) is 2.43. The summed E-state index contributed by atoms with van der Waals surface area (Å²) in [4.78, 5) is 44.1. The van der Waals surface area contributed by atoms with Crippen LogP contribution in [0.2, 0.25) is 0 Å². The molecule has 1 saturated carbocycles. The van der Waals surface area contributed by atoms with Crippen LogP contribution >= 0.6 is 0 Å².